The van der Waals surface area contributed by atoms with E-state index in [1.165, 1.54) is 12.1 Å². The van der Waals surface area contributed by atoms with Crippen LogP contribution in [0.5, 0.6) is 0 Å². The number of rotatable bonds is 4. The van der Waals surface area contributed by atoms with Gasteiger partial charge in [-0.2, -0.15) is 0 Å². The van der Waals surface area contributed by atoms with Gasteiger partial charge in [0.05, 0.1) is 0 Å². The standard InChI is InChI=1S/C14H21FN2O2/c1-14(2,3)19-13(18)17-9-12(16-4)10-5-7-11(15)8-6-10/h5-8,12,16H,9H2,1-4H3,(H,17,18). The van der Waals surface area contributed by atoms with Crippen molar-refractivity contribution in [1.82, 2.24) is 10.6 Å². The van der Waals surface area contributed by atoms with Crippen LogP contribution in [0.3, 0.4) is 0 Å². The molecule has 106 valence electrons. The summed E-state index contributed by atoms with van der Waals surface area (Å²) in [6, 6.07) is 6.08. The van der Waals surface area contributed by atoms with Crippen molar-refractivity contribution in [2.24, 2.45) is 0 Å². The number of carbonyl (C=O) groups excluding carboxylic acids is 1. The Hall–Kier alpha value is -1.62. The Kier molecular flexibility index (Phi) is 5.30. The van der Waals surface area contributed by atoms with Crippen molar-refractivity contribution >= 4 is 6.09 Å². The molecule has 0 spiro atoms. The number of alkyl carbamates (subject to hydrolysis) is 1. The Morgan fingerprint density at radius 3 is 2.37 bits per heavy atom. The van der Waals surface area contributed by atoms with Crippen molar-refractivity contribution in [1.29, 1.82) is 0 Å². The molecule has 0 aliphatic rings. The summed E-state index contributed by atoms with van der Waals surface area (Å²) in [5.41, 5.74) is 0.384. The molecule has 0 fully saturated rings. The van der Waals surface area contributed by atoms with Gasteiger partial charge in [0.1, 0.15) is 11.4 Å². The molecule has 0 saturated carbocycles. The van der Waals surface area contributed by atoms with Crippen LogP contribution in [0.25, 0.3) is 0 Å². The average Bonchev–Trinajstić information content (AvgIpc) is 2.29. The highest BCUT2D eigenvalue weighted by atomic mass is 19.1. The zero-order valence-electron chi connectivity index (χ0n) is 11.8. The van der Waals surface area contributed by atoms with Crippen LogP contribution < -0.4 is 10.6 Å². The van der Waals surface area contributed by atoms with Crippen LogP contribution in [-0.2, 0) is 4.74 Å². The molecule has 1 aromatic carbocycles. The number of carbonyl (C=O) groups is 1. The van der Waals surface area contributed by atoms with Gasteiger partial charge < -0.3 is 15.4 Å². The monoisotopic (exact) mass is 268 g/mol. The SMILES string of the molecule is CNC(CNC(=O)OC(C)(C)C)c1ccc(F)cc1. The molecule has 1 rings (SSSR count). The molecule has 0 heterocycles. The number of halogens is 1. The molecule has 0 aromatic heterocycles. The Bertz CT molecular complexity index is 412. The van der Waals surface area contributed by atoms with Crippen LogP contribution >= 0.6 is 0 Å². The van der Waals surface area contributed by atoms with E-state index in [0.717, 1.165) is 5.56 Å². The first kappa shape index (κ1) is 15.4. The Balaban J connectivity index is 2.54. The van der Waals surface area contributed by atoms with Crippen LogP contribution in [-0.4, -0.2) is 25.3 Å². The van der Waals surface area contributed by atoms with E-state index >= 15 is 0 Å². The molecule has 5 heteroatoms. The number of ether oxygens (including phenoxy) is 1. The summed E-state index contributed by atoms with van der Waals surface area (Å²) >= 11 is 0. The predicted molar refractivity (Wildman–Crippen MR) is 72.4 cm³/mol. The van der Waals surface area contributed by atoms with Crippen LogP contribution in [0.1, 0.15) is 32.4 Å². The van der Waals surface area contributed by atoms with Gasteiger partial charge in [-0.15, -0.1) is 0 Å². The highest BCUT2D eigenvalue weighted by Gasteiger charge is 2.17. The molecule has 0 radical (unpaired) electrons. The van der Waals surface area contributed by atoms with E-state index < -0.39 is 11.7 Å². The van der Waals surface area contributed by atoms with E-state index in [4.69, 9.17) is 4.74 Å². The third kappa shape index (κ3) is 5.70. The minimum Gasteiger partial charge on any atom is -0.444 e. The maximum atomic E-state index is 12.8. The molecule has 0 aliphatic carbocycles. The lowest BCUT2D eigenvalue weighted by molar-refractivity contribution is 0.0523. The Labute approximate surface area is 113 Å². The first-order valence-corrected chi connectivity index (χ1v) is 6.21. The van der Waals surface area contributed by atoms with Crippen molar-refractivity contribution in [3.8, 4) is 0 Å². The quantitative estimate of drug-likeness (QED) is 0.882. The minimum atomic E-state index is -0.519. The lowest BCUT2D eigenvalue weighted by atomic mass is 10.1. The fourth-order valence-corrected chi connectivity index (χ4v) is 1.58. The highest BCUT2D eigenvalue weighted by Crippen LogP contribution is 2.13. The van der Waals surface area contributed by atoms with Crippen LogP contribution in [0.15, 0.2) is 24.3 Å². The van der Waals surface area contributed by atoms with E-state index in [9.17, 15) is 9.18 Å². The van der Waals surface area contributed by atoms with Gasteiger partial charge >= 0.3 is 6.09 Å². The largest absolute Gasteiger partial charge is 0.444 e. The average molecular weight is 268 g/mol. The first-order valence-electron chi connectivity index (χ1n) is 6.21. The van der Waals surface area contributed by atoms with Gasteiger partial charge in [-0.1, -0.05) is 12.1 Å². The Morgan fingerprint density at radius 1 is 1.32 bits per heavy atom. The number of hydrogen-bond acceptors (Lipinski definition) is 3. The molecule has 0 saturated heterocycles. The fraction of sp³-hybridized carbons (Fsp3) is 0.500. The molecule has 19 heavy (non-hydrogen) atoms. The van der Waals surface area contributed by atoms with Crippen LogP contribution in [0, 0.1) is 5.82 Å². The van der Waals surface area contributed by atoms with Gasteiger partial charge in [-0.05, 0) is 45.5 Å². The van der Waals surface area contributed by atoms with E-state index in [1.54, 1.807) is 19.2 Å². The van der Waals surface area contributed by atoms with Gasteiger partial charge in [0.15, 0.2) is 0 Å². The molecular formula is C14H21FN2O2. The molecule has 2 N–H and O–H groups in total. The van der Waals surface area contributed by atoms with Crippen molar-refractivity contribution in [2.75, 3.05) is 13.6 Å². The van der Waals surface area contributed by atoms with E-state index in [1.807, 2.05) is 20.8 Å². The zero-order chi connectivity index (χ0) is 14.5. The molecule has 0 bridgehead atoms. The number of hydrogen-bond donors (Lipinski definition) is 2. The van der Waals surface area contributed by atoms with E-state index in [2.05, 4.69) is 10.6 Å². The van der Waals surface area contributed by atoms with Crippen molar-refractivity contribution in [3.05, 3.63) is 35.6 Å². The predicted octanol–water partition coefficient (Wildman–Crippen LogP) is 2.61. The maximum Gasteiger partial charge on any atom is 0.407 e. The third-order valence-electron chi connectivity index (χ3n) is 2.47. The van der Waals surface area contributed by atoms with E-state index in [-0.39, 0.29) is 11.9 Å². The minimum absolute atomic E-state index is 0.0897. The molecule has 1 atom stereocenters. The summed E-state index contributed by atoms with van der Waals surface area (Å²) in [7, 11) is 1.78. The van der Waals surface area contributed by atoms with Gasteiger partial charge in [0, 0.05) is 12.6 Å². The smallest absolute Gasteiger partial charge is 0.407 e. The second kappa shape index (κ2) is 6.52. The van der Waals surface area contributed by atoms with Crippen molar-refractivity contribution < 1.29 is 13.9 Å². The van der Waals surface area contributed by atoms with E-state index in [0.29, 0.717) is 6.54 Å². The topological polar surface area (TPSA) is 50.4 Å². The highest BCUT2D eigenvalue weighted by molar-refractivity contribution is 5.67. The summed E-state index contributed by atoms with van der Waals surface area (Å²) in [6.07, 6.45) is -0.463. The lowest BCUT2D eigenvalue weighted by Gasteiger charge is -2.22. The molecular weight excluding hydrogens is 247 g/mol. The lowest BCUT2D eigenvalue weighted by Crippen LogP contribution is -2.37. The van der Waals surface area contributed by atoms with Crippen molar-refractivity contribution in [2.45, 2.75) is 32.4 Å². The summed E-state index contributed by atoms with van der Waals surface area (Å²) in [5.74, 6) is -0.279. The van der Waals surface area contributed by atoms with Crippen LogP contribution in [0.4, 0.5) is 9.18 Å². The van der Waals surface area contributed by atoms with Gasteiger partial charge in [-0.25, -0.2) is 9.18 Å². The summed E-state index contributed by atoms with van der Waals surface area (Å²) in [4.78, 5) is 11.5. The second-order valence-corrected chi connectivity index (χ2v) is 5.28. The van der Waals surface area contributed by atoms with Crippen LogP contribution in [0.2, 0.25) is 0 Å². The molecule has 1 amide bonds. The second-order valence-electron chi connectivity index (χ2n) is 5.28. The van der Waals surface area contributed by atoms with Gasteiger partial charge in [-0.3, -0.25) is 0 Å². The van der Waals surface area contributed by atoms with Crippen molar-refractivity contribution in [3.63, 3.8) is 0 Å². The number of nitrogens with one attached hydrogen (secondary N) is 2. The Morgan fingerprint density at radius 2 is 1.89 bits per heavy atom. The first-order chi connectivity index (χ1) is 8.81. The zero-order valence-corrected chi connectivity index (χ0v) is 11.8. The van der Waals surface area contributed by atoms with Gasteiger partial charge in [0.2, 0.25) is 0 Å². The molecule has 4 nitrogen and oxygen atoms in total. The molecule has 0 aliphatic heterocycles. The molecule has 1 aromatic rings. The third-order valence-corrected chi connectivity index (χ3v) is 2.47. The fourth-order valence-electron chi connectivity index (χ4n) is 1.58. The normalized spacial score (nSPS) is 12.9. The molecule has 1 unspecified atom stereocenters. The summed E-state index contributed by atoms with van der Waals surface area (Å²) < 4.78 is 18.0. The number of likely N-dealkylation sites (N-methyl/N-ethyl adjacent to an activating group) is 1. The number of benzene rings is 1. The summed E-state index contributed by atoms with van der Waals surface area (Å²) in [5, 5.41) is 5.75. The van der Waals surface area contributed by atoms with Gasteiger partial charge in [0.25, 0.3) is 0 Å². The maximum absolute atomic E-state index is 12.8. The number of amides is 1. The summed E-state index contributed by atoms with van der Waals surface area (Å²) in [6.45, 7) is 5.80.